The van der Waals surface area contributed by atoms with E-state index in [1.807, 2.05) is 0 Å². The lowest BCUT2D eigenvalue weighted by Gasteiger charge is -2.27. The number of rotatable bonds is 4. The first-order valence-electron chi connectivity index (χ1n) is 4.57. The molecule has 4 nitrogen and oxygen atoms in total. The summed E-state index contributed by atoms with van der Waals surface area (Å²) >= 11 is 3.42. The van der Waals surface area contributed by atoms with Gasteiger partial charge in [0.05, 0.1) is 4.75 Å². The number of aromatic nitrogens is 2. The molecule has 0 amide bonds. The summed E-state index contributed by atoms with van der Waals surface area (Å²) in [5.74, 6) is 0.786. The maximum absolute atomic E-state index is 11.6. The van der Waals surface area contributed by atoms with Gasteiger partial charge in [-0.2, -0.15) is 0 Å². The molecule has 6 heteroatoms. The third-order valence-electron chi connectivity index (χ3n) is 2.64. The van der Waals surface area contributed by atoms with Crippen molar-refractivity contribution in [1.82, 2.24) is 9.97 Å². The van der Waals surface area contributed by atoms with Gasteiger partial charge < -0.3 is 4.98 Å². The molecule has 1 rings (SSSR count). The SMILES string of the molecule is CC(C)(C(Br)Cc1ncc[nH]1)S(C)(=O)=O. The Hall–Kier alpha value is -0.360. The molecule has 1 aromatic heterocycles. The Morgan fingerprint density at radius 2 is 2.20 bits per heavy atom. The van der Waals surface area contributed by atoms with Gasteiger partial charge in [0, 0.05) is 29.9 Å². The molecule has 0 spiro atoms. The predicted molar refractivity (Wildman–Crippen MR) is 63.9 cm³/mol. The lowest BCUT2D eigenvalue weighted by atomic mass is 10.1. The molecule has 0 aliphatic rings. The summed E-state index contributed by atoms with van der Waals surface area (Å²) in [5, 5.41) is 0. The molecule has 0 fully saturated rings. The zero-order valence-electron chi connectivity index (χ0n) is 8.99. The molecule has 0 aliphatic carbocycles. The number of alkyl halides is 1. The van der Waals surface area contributed by atoms with Gasteiger partial charge in [-0.3, -0.25) is 0 Å². The molecule has 1 atom stereocenters. The molecule has 0 saturated heterocycles. The van der Waals surface area contributed by atoms with Crippen LogP contribution < -0.4 is 0 Å². The fourth-order valence-corrected chi connectivity index (χ4v) is 2.93. The normalized spacial score (nSPS) is 15.2. The highest BCUT2D eigenvalue weighted by molar-refractivity contribution is 9.09. The summed E-state index contributed by atoms with van der Waals surface area (Å²) in [6.07, 6.45) is 5.20. The van der Waals surface area contributed by atoms with Crippen molar-refractivity contribution in [3.05, 3.63) is 18.2 Å². The highest BCUT2D eigenvalue weighted by Crippen LogP contribution is 2.28. The number of aromatic amines is 1. The summed E-state index contributed by atoms with van der Waals surface area (Å²) < 4.78 is 22.3. The molecule has 15 heavy (non-hydrogen) atoms. The van der Waals surface area contributed by atoms with Gasteiger partial charge in [0.15, 0.2) is 9.84 Å². The zero-order valence-corrected chi connectivity index (χ0v) is 11.4. The predicted octanol–water partition coefficient (Wildman–Crippen LogP) is 1.54. The number of nitrogens with zero attached hydrogens (tertiary/aromatic N) is 1. The molecule has 1 heterocycles. The Kier molecular flexibility index (Phi) is 3.60. The maximum atomic E-state index is 11.6. The smallest absolute Gasteiger partial charge is 0.153 e. The van der Waals surface area contributed by atoms with Crippen LogP contribution >= 0.6 is 15.9 Å². The molecule has 0 bridgehead atoms. The molecule has 0 aromatic carbocycles. The van der Waals surface area contributed by atoms with Crippen LogP contribution in [-0.2, 0) is 16.3 Å². The topological polar surface area (TPSA) is 62.8 Å². The lowest BCUT2D eigenvalue weighted by Crippen LogP contribution is -2.41. The third kappa shape index (κ3) is 2.81. The van der Waals surface area contributed by atoms with E-state index in [-0.39, 0.29) is 4.83 Å². The van der Waals surface area contributed by atoms with E-state index < -0.39 is 14.6 Å². The van der Waals surface area contributed by atoms with Crippen molar-refractivity contribution >= 4 is 25.8 Å². The molecule has 0 radical (unpaired) electrons. The standard InChI is InChI=1S/C9H15BrN2O2S/c1-9(2,15(3,13)14)7(10)6-8-11-4-5-12-8/h4-5,7H,6H2,1-3H3,(H,11,12). The van der Waals surface area contributed by atoms with Crippen LogP contribution in [0.2, 0.25) is 0 Å². The van der Waals surface area contributed by atoms with Crippen LogP contribution in [0.4, 0.5) is 0 Å². The van der Waals surface area contributed by atoms with Crippen molar-refractivity contribution in [2.45, 2.75) is 29.8 Å². The highest BCUT2D eigenvalue weighted by atomic mass is 79.9. The molecule has 1 aromatic rings. The van der Waals surface area contributed by atoms with Crippen LogP contribution in [0.15, 0.2) is 12.4 Å². The second-order valence-corrected chi connectivity index (χ2v) is 7.78. The van der Waals surface area contributed by atoms with Crippen molar-refractivity contribution in [2.75, 3.05) is 6.26 Å². The van der Waals surface area contributed by atoms with Gasteiger partial charge in [-0.25, -0.2) is 13.4 Å². The lowest BCUT2D eigenvalue weighted by molar-refractivity contribution is 0.539. The monoisotopic (exact) mass is 294 g/mol. The minimum absolute atomic E-state index is 0.161. The van der Waals surface area contributed by atoms with E-state index in [0.717, 1.165) is 5.82 Å². The van der Waals surface area contributed by atoms with Gasteiger partial charge >= 0.3 is 0 Å². The zero-order chi connectivity index (χ0) is 11.7. The molecule has 1 unspecified atom stereocenters. The molecule has 1 N–H and O–H groups in total. The fraction of sp³-hybridized carbons (Fsp3) is 0.667. The molecular weight excluding hydrogens is 280 g/mol. The molecule has 86 valence electrons. The van der Waals surface area contributed by atoms with Crippen LogP contribution in [-0.4, -0.2) is 34.2 Å². The summed E-state index contributed by atoms with van der Waals surface area (Å²) in [6, 6.07) is 0. The molecule has 0 aliphatic heterocycles. The minimum Gasteiger partial charge on any atom is -0.349 e. The number of sulfone groups is 1. The van der Waals surface area contributed by atoms with Gasteiger partial charge in [-0.05, 0) is 13.8 Å². The third-order valence-corrected chi connectivity index (χ3v) is 6.60. The van der Waals surface area contributed by atoms with Gasteiger partial charge in [0.25, 0.3) is 0 Å². The van der Waals surface area contributed by atoms with E-state index in [0.29, 0.717) is 6.42 Å². The van der Waals surface area contributed by atoms with E-state index in [4.69, 9.17) is 0 Å². The molecule has 0 saturated carbocycles. The number of hydrogen-bond acceptors (Lipinski definition) is 3. The van der Waals surface area contributed by atoms with Crippen molar-refractivity contribution in [3.8, 4) is 0 Å². The number of halogens is 1. The van der Waals surface area contributed by atoms with Gasteiger partial charge in [-0.15, -0.1) is 0 Å². The van der Waals surface area contributed by atoms with Crippen molar-refractivity contribution < 1.29 is 8.42 Å². The summed E-state index contributed by atoms with van der Waals surface area (Å²) in [7, 11) is -3.09. The molecular formula is C9H15BrN2O2S. The minimum atomic E-state index is -3.09. The van der Waals surface area contributed by atoms with Crippen molar-refractivity contribution in [3.63, 3.8) is 0 Å². The maximum Gasteiger partial charge on any atom is 0.153 e. The average Bonchev–Trinajstić information content (AvgIpc) is 2.54. The summed E-state index contributed by atoms with van der Waals surface area (Å²) in [5.41, 5.74) is 0. The van der Waals surface area contributed by atoms with Crippen LogP contribution in [0, 0.1) is 0 Å². The summed E-state index contributed by atoms with van der Waals surface area (Å²) in [6.45, 7) is 3.43. The van der Waals surface area contributed by atoms with Crippen LogP contribution in [0.5, 0.6) is 0 Å². The fourth-order valence-electron chi connectivity index (χ4n) is 1.06. The first-order valence-corrected chi connectivity index (χ1v) is 7.38. The number of H-pyrrole nitrogens is 1. The van der Waals surface area contributed by atoms with Crippen LogP contribution in [0.25, 0.3) is 0 Å². The van der Waals surface area contributed by atoms with E-state index in [2.05, 4.69) is 25.9 Å². The van der Waals surface area contributed by atoms with E-state index >= 15 is 0 Å². The van der Waals surface area contributed by atoms with Crippen molar-refractivity contribution in [2.24, 2.45) is 0 Å². The summed E-state index contributed by atoms with van der Waals surface area (Å²) in [4.78, 5) is 6.87. The second-order valence-electron chi connectivity index (χ2n) is 4.08. The Morgan fingerprint density at radius 3 is 2.60 bits per heavy atom. The first-order chi connectivity index (χ1) is 6.75. The Labute approximate surface area is 98.5 Å². The second kappa shape index (κ2) is 4.25. The Morgan fingerprint density at radius 1 is 1.60 bits per heavy atom. The number of imidazole rings is 1. The quantitative estimate of drug-likeness (QED) is 0.857. The number of hydrogen-bond donors (Lipinski definition) is 1. The number of nitrogens with one attached hydrogen (secondary N) is 1. The van der Waals surface area contributed by atoms with E-state index in [1.165, 1.54) is 6.26 Å². The average molecular weight is 295 g/mol. The largest absolute Gasteiger partial charge is 0.349 e. The Bertz CT molecular complexity index is 411. The van der Waals surface area contributed by atoms with Crippen molar-refractivity contribution in [1.29, 1.82) is 0 Å². The van der Waals surface area contributed by atoms with Gasteiger partial charge in [0.1, 0.15) is 5.82 Å². The first kappa shape index (κ1) is 12.7. The van der Waals surface area contributed by atoms with Gasteiger partial charge in [0.2, 0.25) is 0 Å². The van der Waals surface area contributed by atoms with E-state index in [1.54, 1.807) is 26.2 Å². The van der Waals surface area contributed by atoms with Crippen LogP contribution in [0.3, 0.4) is 0 Å². The van der Waals surface area contributed by atoms with Gasteiger partial charge in [-0.1, -0.05) is 15.9 Å². The Balaban J connectivity index is 2.81. The van der Waals surface area contributed by atoms with Crippen LogP contribution in [0.1, 0.15) is 19.7 Å². The highest BCUT2D eigenvalue weighted by Gasteiger charge is 2.37. The van der Waals surface area contributed by atoms with E-state index in [9.17, 15) is 8.42 Å².